The molecular weight excluding hydrogens is 544 g/mol. The maximum absolute atomic E-state index is 16.8. The minimum atomic E-state index is -0.887. The number of fused-ring (bicyclic) bond motifs is 5. The second-order valence-corrected chi connectivity index (χ2v) is 12.4. The molecule has 43 heavy (non-hydrogen) atoms. The molecule has 2 aromatic carbocycles. The van der Waals surface area contributed by atoms with Crippen LogP contribution in [0, 0.1) is 30.0 Å². The molecule has 0 amide bonds. The van der Waals surface area contributed by atoms with Gasteiger partial charge in [-0.15, -0.1) is 6.42 Å². The molecule has 8 rings (SSSR count). The first-order valence-electron chi connectivity index (χ1n) is 15.1. The number of halogens is 2. The van der Waals surface area contributed by atoms with Gasteiger partial charge in [-0.25, -0.2) is 13.8 Å². The van der Waals surface area contributed by atoms with Gasteiger partial charge < -0.3 is 15.3 Å². The van der Waals surface area contributed by atoms with Crippen LogP contribution in [0.1, 0.15) is 43.4 Å². The van der Waals surface area contributed by atoms with Crippen LogP contribution in [0.3, 0.4) is 0 Å². The molecule has 4 aromatic rings. The second kappa shape index (κ2) is 9.91. The Hall–Kier alpha value is -4.24. The highest BCUT2D eigenvalue weighted by Crippen LogP contribution is 2.41. The lowest BCUT2D eigenvalue weighted by Crippen LogP contribution is -2.51. The monoisotopic (exact) mass is 575 g/mol. The second-order valence-electron chi connectivity index (χ2n) is 12.4. The SMILES string of the molecule is C#Cc1cccc2cc(O)cc(-c3ncc4c(N5CC6CCC(C5)N6)cc(C#CC56CCCN5CC(F)C6)nc4c3F)c12. The lowest BCUT2D eigenvalue weighted by Gasteiger charge is -2.35. The van der Waals surface area contributed by atoms with Gasteiger partial charge in [0.2, 0.25) is 0 Å². The first-order chi connectivity index (χ1) is 20.9. The molecule has 0 spiro atoms. The molecule has 6 nitrogen and oxygen atoms in total. The predicted molar refractivity (Wildman–Crippen MR) is 164 cm³/mol. The Kier molecular flexibility index (Phi) is 6.08. The van der Waals surface area contributed by atoms with Crippen molar-refractivity contribution in [3.8, 4) is 41.2 Å². The van der Waals surface area contributed by atoms with E-state index in [0.29, 0.717) is 58.0 Å². The van der Waals surface area contributed by atoms with Gasteiger partial charge in [0.15, 0.2) is 5.82 Å². The maximum atomic E-state index is 16.8. The quantitative estimate of drug-likeness (QED) is 0.323. The summed E-state index contributed by atoms with van der Waals surface area (Å²) in [6, 6.07) is 11.2. The van der Waals surface area contributed by atoms with Crippen LogP contribution in [0.4, 0.5) is 14.5 Å². The number of nitrogens with one attached hydrogen (secondary N) is 1. The van der Waals surface area contributed by atoms with Crippen molar-refractivity contribution in [3.05, 3.63) is 59.7 Å². The molecule has 4 saturated heterocycles. The van der Waals surface area contributed by atoms with Crippen LogP contribution in [0.25, 0.3) is 32.9 Å². The molecule has 4 atom stereocenters. The fourth-order valence-corrected chi connectivity index (χ4v) is 7.83. The number of benzene rings is 2. The highest BCUT2D eigenvalue weighted by atomic mass is 19.1. The fraction of sp³-hybridized carbons (Fsp3) is 0.371. The van der Waals surface area contributed by atoms with Crippen molar-refractivity contribution in [2.75, 3.05) is 31.1 Å². The lowest BCUT2D eigenvalue weighted by atomic mass is 9.94. The zero-order valence-corrected chi connectivity index (χ0v) is 23.7. The van der Waals surface area contributed by atoms with Crippen LogP contribution in [0.5, 0.6) is 5.75 Å². The highest BCUT2D eigenvalue weighted by Gasteiger charge is 2.47. The summed E-state index contributed by atoms with van der Waals surface area (Å²) in [5, 5.41) is 16.2. The molecular formula is C35H31F2N5O. The zero-order valence-electron chi connectivity index (χ0n) is 23.7. The summed E-state index contributed by atoms with van der Waals surface area (Å²) in [6.07, 6.45) is 11.0. The summed E-state index contributed by atoms with van der Waals surface area (Å²) in [7, 11) is 0. The van der Waals surface area contributed by atoms with Crippen molar-refractivity contribution < 1.29 is 13.9 Å². The van der Waals surface area contributed by atoms with Crippen LogP contribution in [0.2, 0.25) is 0 Å². The van der Waals surface area contributed by atoms with Crippen LogP contribution in [-0.4, -0.2) is 69.9 Å². The molecule has 216 valence electrons. The topological polar surface area (TPSA) is 64.5 Å². The van der Waals surface area contributed by atoms with Gasteiger partial charge in [0.05, 0.1) is 11.2 Å². The number of phenolic OH excluding ortho intramolecular Hbond substituents is 1. The van der Waals surface area contributed by atoms with Crippen LogP contribution in [-0.2, 0) is 0 Å². The predicted octanol–water partition coefficient (Wildman–Crippen LogP) is 5.14. The van der Waals surface area contributed by atoms with E-state index in [9.17, 15) is 9.50 Å². The van der Waals surface area contributed by atoms with Crippen LogP contribution in [0.15, 0.2) is 42.6 Å². The third-order valence-electron chi connectivity index (χ3n) is 9.73. The van der Waals surface area contributed by atoms with Crippen molar-refractivity contribution >= 4 is 27.4 Å². The molecule has 0 radical (unpaired) electrons. The van der Waals surface area contributed by atoms with E-state index in [1.165, 1.54) is 6.07 Å². The average molecular weight is 576 g/mol. The molecule has 4 unspecified atom stereocenters. The molecule has 4 fully saturated rings. The molecule has 2 bridgehead atoms. The van der Waals surface area contributed by atoms with Gasteiger partial charge in [-0.2, -0.15) is 0 Å². The number of aromatic nitrogens is 2. The van der Waals surface area contributed by atoms with Gasteiger partial charge in [-0.1, -0.05) is 24.0 Å². The Bertz CT molecular complexity index is 1900. The Morgan fingerprint density at radius 2 is 1.95 bits per heavy atom. The van der Waals surface area contributed by atoms with Gasteiger partial charge in [-0.05, 0) is 67.8 Å². The Labute approximate surface area is 249 Å². The van der Waals surface area contributed by atoms with E-state index < -0.39 is 17.5 Å². The molecule has 2 N–H and O–H groups in total. The van der Waals surface area contributed by atoms with Crippen molar-refractivity contribution in [2.45, 2.75) is 55.9 Å². The minimum Gasteiger partial charge on any atom is -0.508 e. The summed E-state index contributed by atoms with van der Waals surface area (Å²) in [5.74, 6) is 8.73. The van der Waals surface area contributed by atoms with Gasteiger partial charge >= 0.3 is 0 Å². The summed E-state index contributed by atoms with van der Waals surface area (Å²) in [6.45, 7) is 2.86. The van der Waals surface area contributed by atoms with Crippen molar-refractivity contribution in [1.82, 2.24) is 20.2 Å². The minimum absolute atomic E-state index is 0.00868. The number of hydrogen-bond acceptors (Lipinski definition) is 6. The molecule has 4 aliphatic heterocycles. The summed E-state index contributed by atoms with van der Waals surface area (Å²) >= 11 is 0. The van der Waals surface area contributed by atoms with Gasteiger partial charge in [0, 0.05) is 66.2 Å². The van der Waals surface area contributed by atoms with Crippen molar-refractivity contribution in [3.63, 3.8) is 0 Å². The first kappa shape index (κ1) is 26.4. The summed E-state index contributed by atoms with van der Waals surface area (Å²) in [5.41, 5.74) is 2.05. The van der Waals surface area contributed by atoms with Crippen molar-refractivity contribution in [1.29, 1.82) is 0 Å². The first-order valence-corrected chi connectivity index (χ1v) is 15.1. The van der Waals surface area contributed by atoms with E-state index in [1.54, 1.807) is 18.3 Å². The Balaban J connectivity index is 1.32. The van der Waals surface area contributed by atoms with E-state index in [1.807, 2.05) is 18.2 Å². The number of terminal acetylenes is 1. The largest absolute Gasteiger partial charge is 0.508 e. The maximum Gasteiger partial charge on any atom is 0.175 e. The highest BCUT2D eigenvalue weighted by molar-refractivity contribution is 6.03. The summed E-state index contributed by atoms with van der Waals surface area (Å²) < 4.78 is 31.2. The number of phenols is 1. The number of hydrogen-bond donors (Lipinski definition) is 2. The van der Waals surface area contributed by atoms with Gasteiger partial charge in [-0.3, -0.25) is 9.88 Å². The summed E-state index contributed by atoms with van der Waals surface area (Å²) in [4.78, 5) is 13.8. The Morgan fingerprint density at radius 1 is 1.12 bits per heavy atom. The smallest absolute Gasteiger partial charge is 0.175 e. The molecule has 0 saturated carbocycles. The number of aromatic hydroxyl groups is 1. The van der Waals surface area contributed by atoms with E-state index in [4.69, 9.17) is 11.4 Å². The normalized spacial score (nSPS) is 26.4. The number of nitrogens with zero attached hydrogens (tertiary/aromatic N) is 4. The van der Waals surface area contributed by atoms with E-state index in [0.717, 1.165) is 51.0 Å². The fourth-order valence-electron chi connectivity index (χ4n) is 7.83. The van der Waals surface area contributed by atoms with Crippen molar-refractivity contribution in [2.24, 2.45) is 0 Å². The molecule has 2 aromatic heterocycles. The molecule has 4 aliphatic rings. The van der Waals surface area contributed by atoms with E-state index in [-0.39, 0.29) is 17.0 Å². The third kappa shape index (κ3) is 4.32. The van der Waals surface area contributed by atoms with Gasteiger partial charge in [0.25, 0.3) is 0 Å². The number of alkyl halides is 1. The number of pyridine rings is 2. The Morgan fingerprint density at radius 3 is 2.77 bits per heavy atom. The molecule has 0 aliphatic carbocycles. The molecule has 8 heteroatoms. The average Bonchev–Trinajstić information content (AvgIpc) is 3.65. The number of rotatable bonds is 2. The lowest BCUT2D eigenvalue weighted by molar-refractivity contribution is 0.255. The number of piperazine rings is 1. The third-order valence-corrected chi connectivity index (χ3v) is 9.73. The zero-order chi connectivity index (χ0) is 29.3. The van der Waals surface area contributed by atoms with E-state index in [2.05, 4.69) is 37.9 Å². The van der Waals surface area contributed by atoms with Crippen LogP contribution >= 0.6 is 0 Å². The molecule has 6 heterocycles. The van der Waals surface area contributed by atoms with E-state index >= 15 is 4.39 Å². The standard InChI is InChI=1S/C35H31F2N5O/c1-2-21-5-3-6-22-13-27(43)15-28(31(21)22)33-32(37)34-29(17-38-33)30(41-19-25-7-8-26(20-41)39-25)14-24(40-34)9-11-35-10-4-12-42(35)18-23(36)16-35/h1,3,5-6,13-15,17,23,25-26,39,43H,4,7-8,10,12,16,18-20H2. The number of anilines is 1. The van der Waals surface area contributed by atoms with Gasteiger partial charge in [0.1, 0.15) is 28.8 Å². The van der Waals surface area contributed by atoms with Crippen LogP contribution < -0.4 is 10.2 Å².